The Morgan fingerprint density at radius 2 is 1.75 bits per heavy atom. The number of benzene rings is 1. The Morgan fingerprint density at radius 1 is 1.07 bits per heavy atom. The predicted octanol–water partition coefficient (Wildman–Crippen LogP) is 2.46. The summed E-state index contributed by atoms with van der Waals surface area (Å²) in [4.78, 5) is 35.3. The van der Waals surface area contributed by atoms with Gasteiger partial charge in [-0.3, -0.25) is 4.79 Å². The second-order valence-electron chi connectivity index (χ2n) is 6.32. The first kappa shape index (κ1) is 19.4. The van der Waals surface area contributed by atoms with Gasteiger partial charge < -0.3 is 25.2 Å². The number of nitrogens with one attached hydrogen (secondary N) is 2. The average Bonchev–Trinajstić information content (AvgIpc) is 2.70. The molecular formula is C19H24N6O3. The molecule has 0 unspecified atom stereocenters. The number of nitrogens with zero attached hydrogens (tertiary/aromatic N) is 4. The summed E-state index contributed by atoms with van der Waals surface area (Å²) in [7, 11) is 0. The molecule has 9 nitrogen and oxygen atoms in total. The Balaban J connectivity index is 1.60. The minimum Gasteiger partial charge on any atom is -0.450 e. The van der Waals surface area contributed by atoms with E-state index in [-0.39, 0.29) is 12.0 Å². The van der Waals surface area contributed by atoms with Gasteiger partial charge in [0.25, 0.3) is 0 Å². The van der Waals surface area contributed by atoms with Gasteiger partial charge in [-0.25, -0.2) is 14.8 Å². The lowest BCUT2D eigenvalue weighted by Crippen LogP contribution is -2.49. The van der Waals surface area contributed by atoms with Crippen molar-refractivity contribution in [3.8, 4) is 0 Å². The molecule has 2 N–H and O–H groups in total. The van der Waals surface area contributed by atoms with Crippen molar-refractivity contribution in [2.45, 2.75) is 13.8 Å². The zero-order valence-electron chi connectivity index (χ0n) is 16.0. The molecule has 0 saturated carbocycles. The molecule has 9 heteroatoms. The van der Waals surface area contributed by atoms with Gasteiger partial charge in [-0.15, -0.1) is 0 Å². The summed E-state index contributed by atoms with van der Waals surface area (Å²) >= 11 is 0. The Bertz CT molecular complexity index is 819. The lowest BCUT2D eigenvalue weighted by molar-refractivity contribution is -0.114. The molecule has 148 valence electrons. The van der Waals surface area contributed by atoms with Crippen molar-refractivity contribution in [2.75, 3.05) is 48.3 Å². The number of anilines is 4. The molecule has 2 heterocycles. The van der Waals surface area contributed by atoms with Crippen molar-refractivity contribution in [2.24, 2.45) is 0 Å². The van der Waals surface area contributed by atoms with Crippen molar-refractivity contribution in [3.05, 3.63) is 36.7 Å². The third-order valence-corrected chi connectivity index (χ3v) is 4.26. The lowest BCUT2D eigenvalue weighted by atomic mass is 10.2. The van der Waals surface area contributed by atoms with E-state index in [0.29, 0.717) is 38.6 Å². The van der Waals surface area contributed by atoms with E-state index in [1.165, 1.54) is 13.3 Å². The van der Waals surface area contributed by atoms with Gasteiger partial charge in [-0.1, -0.05) is 0 Å². The molecule has 0 radical (unpaired) electrons. The van der Waals surface area contributed by atoms with Crippen LogP contribution in [0.4, 0.5) is 27.8 Å². The van der Waals surface area contributed by atoms with E-state index in [1.807, 2.05) is 30.3 Å². The van der Waals surface area contributed by atoms with Crippen LogP contribution in [-0.2, 0) is 9.53 Å². The molecule has 0 aliphatic carbocycles. The Morgan fingerprint density at radius 3 is 2.39 bits per heavy atom. The summed E-state index contributed by atoms with van der Waals surface area (Å²) in [5.41, 5.74) is 1.59. The minimum absolute atomic E-state index is 0.107. The molecule has 0 atom stereocenters. The van der Waals surface area contributed by atoms with Crippen molar-refractivity contribution in [3.63, 3.8) is 0 Å². The molecule has 1 aliphatic heterocycles. The Hall–Kier alpha value is -3.36. The summed E-state index contributed by atoms with van der Waals surface area (Å²) in [5, 5.41) is 5.96. The van der Waals surface area contributed by atoms with E-state index in [2.05, 4.69) is 25.5 Å². The van der Waals surface area contributed by atoms with Crippen LogP contribution in [-0.4, -0.2) is 59.7 Å². The SMILES string of the molecule is CCOC(=O)N1CCN(c2cc(Nc3ccc(NC(C)=O)cc3)ncn2)CC1. The average molecular weight is 384 g/mol. The fourth-order valence-electron chi connectivity index (χ4n) is 2.91. The molecule has 0 spiro atoms. The van der Waals surface area contributed by atoms with Crippen LogP contribution in [0.25, 0.3) is 0 Å². The number of rotatable bonds is 5. The van der Waals surface area contributed by atoms with Crippen LogP contribution in [0, 0.1) is 0 Å². The van der Waals surface area contributed by atoms with E-state index >= 15 is 0 Å². The predicted molar refractivity (Wildman–Crippen MR) is 107 cm³/mol. The summed E-state index contributed by atoms with van der Waals surface area (Å²) < 4.78 is 5.05. The van der Waals surface area contributed by atoms with E-state index in [1.54, 1.807) is 11.8 Å². The molecule has 1 saturated heterocycles. The quantitative estimate of drug-likeness (QED) is 0.817. The largest absolute Gasteiger partial charge is 0.450 e. The highest BCUT2D eigenvalue weighted by atomic mass is 16.6. The third kappa shape index (κ3) is 5.09. The number of aromatic nitrogens is 2. The molecule has 1 fully saturated rings. The maximum absolute atomic E-state index is 11.8. The fraction of sp³-hybridized carbons (Fsp3) is 0.368. The minimum atomic E-state index is -0.269. The number of ether oxygens (including phenoxy) is 1. The second kappa shape index (κ2) is 9.03. The van der Waals surface area contributed by atoms with Gasteiger partial charge in [-0.2, -0.15) is 0 Å². The van der Waals surface area contributed by atoms with Crippen molar-refractivity contribution in [1.29, 1.82) is 0 Å². The molecule has 2 aromatic rings. The molecule has 1 aliphatic rings. The highest BCUT2D eigenvalue weighted by molar-refractivity contribution is 5.88. The van der Waals surface area contributed by atoms with Gasteiger partial charge in [0.1, 0.15) is 18.0 Å². The summed E-state index contributed by atoms with van der Waals surface area (Å²) in [5.74, 6) is 1.37. The van der Waals surface area contributed by atoms with Crippen LogP contribution < -0.4 is 15.5 Å². The Labute approximate surface area is 163 Å². The van der Waals surface area contributed by atoms with Gasteiger partial charge in [0, 0.05) is 50.5 Å². The molecule has 0 bridgehead atoms. The molecule has 28 heavy (non-hydrogen) atoms. The van der Waals surface area contributed by atoms with Gasteiger partial charge >= 0.3 is 6.09 Å². The van der Waals surface area contributed by atoms with Crippen LogP contribution in [0.15, 0.2) is 36.7 Å². The molecule has 2 amide bonds. The summed E-state index contributed by atoms with van der Waals surface area (Å²) in [6.07, 6.45) is 1.25. The molecule has 1 aromatic carbocycles. The van der Waals surface area contributed by atoms with E-state index in [9.17, 15) is 9.59 Å². The fourth-order valence-corrected chi connectivity index (χ4v) is 2.91. The number of piperazine rings is 1. The third-order valence-electron chi connectivity index (χ3n) is 4.26. The number of amides is 2. The molecule has 1 aromatic heterocycles. The van der Waals surface area contributed by atoms with E-state index in [4.69, 9.17) is 4.74 Å². The standard InChI is InChI=1S/C19H24N6O3/c1-3-28-19(27)25-10-8-24(9-11-25)18-12-17(20-13-21-18)23-16-6-4-15(5-7-16)22-14(2)26/h4-7,12-13H,3,8-11H2,1-2H3,(H,22,26)(H,20,21,23). The number of carbonyl (C=O) groups excluding carboxylic acids is 2. The van der Waals surface area contributed by atoms with Gasteiger partial charge in [0.05, 0.1) is 6.61 Å². The summed E-state index contributed by atoms with van der Waals surface area (Å²) in [6.45, 7) is 6.21. The molecular weight excluding hydrogens is 360 g/mol. The first-order chi connectivity index (χ1) is 13.5. The highest BCUT2D eigenvalue weighted by Crippen LogP contribution is 2.21. The highest BCUT2D eigenvalue weighted by Gasteiger charge is 2.22. The number of carbonyl (C=O) groups is 2. The maximum Gasteiger partial charge on any atom is 0.409 e. The zero-order chi connectivity index (χ0) is 19.9. The normalized spacial score (nSPS) is 13.8. The van der Waals surface area contributed by atoms with Gasteiger partial charge in [0.2, 0.25) is 5.91 Å². The lowest BCUT2D eigenvalue weighted by Gasteiger charge is -2.34. The smallest absolute Gasteiger partial charge is 0.409 e. The second-order valence-corrected chi connectivity index (χ2v) is 6.32. The van der Waals surface area contributed by atoms with Crippen molar-refractivity contribution >= 4 is 35.0 Å². The monoisotopic (exact) mass is 384 g/mol. The summed E-state index contributed by atoms with van der Waals surface area (Å²) in [6, 6.07) is 9.25. The van der Waals surface area contributed by atoms with Crippen LogP contribution >= 0.6 is 0 Å². The van der Waals surface area contributed by atoms with Crippen LogP contribution in [0.1, 0.15) is 13.8 Å². The maximum atomic E-state index is 11.8. The first-order valence-corrected chi connectivity index (χ1v) is 9.18. The van der Waals surface area contributed by atoms with E-state index in [0.717, 1.165) is 17.2 Å². The van der Waals surface area contributed by atoms with E-state index < -0.39 is 0 Å². The number of hydrogen-bond donors (Lipinski definition) is 2. The van der Waals surface area contributed by atoms with Crippen LogP contribution in [0.3, 0.4) is 0 Å². The first-order valence-electron chi connectivity index (χ1n) is 9.18. The number of hydrogen-bond acceptors (Lipinski definition) is 7. The van der Waals surface area contributed by atoms with Crippen LogP contribution in [0.5, 0.6) is 0 Å². The topological polar surface area (TPSA) is 99.7 Å². The zero-order valence-corrected chi connectivity index (χ0v) is 16.0. The van der Waals surface area contributed by atoms with Crippen LogP contribution in [0.2, 0.25) is 0 Å². The van der Waals surface area contributed by atoms with Crippen molar-refractivity contribution in [1.82, 2.24) is 14.9 Å². The molecule has 3 rings (SSSR count). The Kier molecular flexibility index (Phi) is 6.25. The van der Waals surface area contributed by atoms with Gasteiger partial charge in [-0.05, 0) is 31.2 Å². The van der Waals surface area contributed by atoms with Crippen molar-refractivity contribution < 1.29 is 14.3 Å². The van der Waals surface area contributed by atoms with Gasteiger partial charge in [0.15, 0.2) is 0 Å².